The highest BCUT2D eigenvalue weighted by Crippen LogP contribution is 2.20. The van der Waals surface area contributed by atoms with Crippen molar-refractivity contribution in [3.63, 3.8) is 0 Å². The van der Waals surface area contributed by atoms with Crippen LogP contribution in [0.3, 0.4) is 0 Å². The molecule has 0 aliphatic rings. The number of benzene rings is 2. The topological polar surface area (TPSA) is 104 Å². The number of hydrogen-bond acceptors (Lipinski definition) is 4. The van der Waals surface area contributed by atoms with E-state index in [9.17, 15) is 18.0 Å². The molecule has 2 amide bonds. The predicted molar refractivity (Wildman–Crippen MR) is 112 cm³/mol. The summed E-state index contributed by atoms with van der Waals surface area (Å²) >= 11 is 0. The van der Waals surface area contributed by atoms with Gasteiger partial charge in [-0.25, -0.2) is 8.42 Å². The molecule has 3 N–H and O–H groups in total. The van der Waals surface area contributed by atoms with E-state index in [0.717, 1.165) is 0 Å². The molecular formula is C20H25N3O4S. The third-order valence-corrected chi connectivity index (χ3v) is 5.17. The fourth-order valence-electron chi connectivity index (χ4n) is 2.13. The van der Waals surface area contributed by atoms with Gasteiger partial charge in [0, 0.05) is 28.0 Å². The summed E-state index contributed by atoms with van der Waals surface area (Å²) in [7, 11) is -3.35. The number of hydrogen-bond donors (Lipinski definition) is 3. The first-order valence-corrected chi connectivity index (χ1v) is 10.5. The van der Waals surface area contributed by atoms with Crippen LogP contribution in [0.15, 0.2) is 48.5 Å². The van der Waals surface area contributed by atoms with Gasteiger partial charge in [-0.05, 0) is 49.4 Å². The minimum Gasteiger partial charge on any atom is -0.326 e. The second-order valence-electron chi connectivity index (χ2n) is 7.32. The second-order valence-corrected chi connectivity index (χ2v) is 9.33. The summed E-state index contributed by atoms with van der Waals surface area (Å²) < 4.78 is 25.6. The standard InChI is InChI=1S/C20H25N3O4S/c1-5-28(26,27)23-16-11-9-15(10-12-16)21-18(24)14-7-6-8-17(13-14)22-19(25)20(2,3)4/h6-13,23H,5H2,1-4H3,(H,21,24)(H,22,25). The Balaban J connectivity index is 2.07. The van der Waals surface area contributed by atoms with Gasteiger partial charge < -0.3 is 10.6 Å². The lowest BCUT2D eigenvalue weighted by atomic mass is 9.95. The van der Waals surface area contributed by atoms with Crippen molar-refractivity contribution in [1.82, 2.24) is 0 Å². The zero-order chi connectivity index (χ0) is 20.9. The average molecular weight is 404 g/mol. The molecule has 0 aliphatic heterocycles. The van der Waals surface area contributed by atoms with Gasteiger partial charge in [-0.3, -0.25) is 14.3 Å². The van der Waals surface area contributed by atoms with Gasteiger partial charge in [0.25, 0.3) is 5.91 Å². The van der Waals surface area contributed by atoms with Crippen molar-refractivity contribution < 1.29 is 18.0 Å². The van der Waals surface area contributed by atoms with E-state index in [1.165, 1.54) is 0 Å². The van der Waals surface area contributed by atoms with Crippen molar-refractivity contribution in [3.8, 4) is 0 Å². The largest absolute Gasteiger partial charge is 0.326 e. The van der Waals surface area contributed by atoms with Crippen LogP contribution in [0.2, 0.25) is 0 Å². The van der Waals surface area contributed by atoms with Crippen molar-refractivity contribution in [2.24, 2.45) is 5.41 Å². The van der Waals surface area contributed by atoms with Gasteiger partial charge in [0.15, 0.2) is 0 Å². The normalized spacial score (nSPS) is 11.6. The zero-order valence-corrected chi connectivity index (χ0v) is 17.2. The Bertz CT molecular complexity index is 962. The first-order chi connectivity index (χ1) is 13.0. The van der Waals surface area contributed by atoms with Crippen molar-refractivity contribution in [3.05, 3.63) is 54.1 Å². The summed E-state index contributed by atoms with van der Waals surface area (Å²) in [6.07, 6.45) is 0. The van der Waals surface area contributed by atoms with E-state index < -0.39 is 15.4 Å². The smallest absolute Gasteiger partial charge is 0.255 e. The van der Waals surface area contributed by atoms with Gasteiger partial charge in [-0.2, -0.15) is 0 Å². The molecule has 0 atom stereocenters. The molecule has 2 aromatic rings. The quantitative estimate of drug-likeness (QED) is 0.684. The number of carbonyl (C=O) groups is 2. The Hall–Kier alpha value is -2.87. The highest BCUT2D eigenvalue weighted by molar-refractivity contribution is 7.92. The lowest BCUT2D eigenvalue weighted by Crippen LogP contribution is -2.27. The van der Waals surface area contributed by atoms with Crippen LogP contribution in [0.25, 0.3) is 0 Å². The van der Waals surface area contributed by atoms with Crippen LogP contribution in [-0.2, 0) is 14.8 Å². The highest BCUT2D eigenvalue weighted by atomic mass is 32.2. The summed E-state index contributed by atoms with van der Waals surface area (Å²) in [5.74, 6) is -0.503. The van der Waals surface area contributed by atoms with Crippen molar-refractivity contribution >= 4 is 38.9 Å². The van der Waals surface area contributed by atoms with Crippen molar-refractivity contribution in [2.45, 2.75) is 27.7 Å². The molecule has 0 heterocycles. The number of amides is 2. The molecule has 0 unspecified atom stereocenters. The monoisotopic (exact) mass is 403 g/mol. The first-order valence-electron chi connectivity index (χ1n) is 8.83. The molecule has 2 rings (SSSR count). The minimum atomic E-state index is -3.35. The van der Waals surface area contributed by atoms with Gasteiger partial charge in [-0.15, -0.1) is 0 Å². The number of carbonyl (C=O) groups excluding carboxylic acids is 2. The number of anilines is 3. The van der Waals surface area contributed by atoms with E-state index in [1.54, 1.807) is 55.5 Å². The lowest BCUT2D eigenvalue weighted by molar-refractivity contribution is -0.123. The third kappa shape index (κ3) is 6.09. The zero-order valence-electron chi connectivity index (χ0n) is 16.4. The van der Waals surface area contributed by atoms with Gasteiger partial charge in [0.1, 0.15) is 0 Å². The van der Waals surface area contributed by atoms with Gasteiger partial charge in [0.2, 0.25) is 15.9 Å². The van der Waals surface area contributed by atoms with Crippen LogP contribution in [-0.4, -0.2) is 26.0 Å². The van der Waals surface area contributed by atoms with Crippen LogP contribution in [0.4, 0.5) is 17.1 Å². The molecular weight excluding hydrogens is 378 g/mol. The molecule has 0 aromatic heterocycles. The molecule has 0 spiro atoms. The van der Waals surface area contributed by atoms with E-state index in [2.05, 4.69) is 15.4 Å². The summed E-state index contributed by atoms with van der Waals surface area (Å²) in [6, 6.07) is 13.0. The molecule has 28 heavy (non-hydrogen) atoms. The summed E-state index contributed by atoms with van der Waals surface area (Å²) in [5.41, 5.74) is 1.33. The molecule has 0 saturated heterocycles. The van der Waals surface area contributed by atoms with E-state index in [0.29, 0.717) is 22.6 Å². The number of sulfonamides is 1. The molecule has 0 radical (unpaired) electrons. The van der Waals surface area contributed by atoms with E-state index in [-0.39, 0.29) is 17.6 Å². The van der Waals surface area contributed by atoms with E-state index in [4.69, 9.17) is 0 Å². The first kappa shape index (κ1) is 21.4. The van der Waals surface area contributed by atoms with Crippen LogP contribution in [0.1, 0.15) is 38.1 Å². The lowest BCUT2D eigenvalue weighted by Gasteiger charge is -2.18. The van der Waals surface area contributed by atoms with Crippen LogP contribution in [0, 0.1) is 5.41 Å². The Morgan fingerprint density at radius 2 is 1.50 bits per heavy atom. The number of nitrogens with one attached hydrogen (secondary N) is 3. The van der Waals surface area contributed by atoms with Crippen molar-refractivity contribution in [1.29, 1.82) is 0 Å². The van der Waals surface area contributed by atoms with E-state index >= 15 is 0 Å². The SMILES string of the molecule is CCS(=O)(=O)Nc1ccc(NC(=O)c2cccc(NC(=O)C(C)(C)C)c2)cc1. The molecule has 0 aliphatic carbocycles. The maximum Gasteiger partial charge on any atom is 0.255 e. The van der Waals surface area contributed by atoms with Crippen LogP contribution >= 0.6 is 0 Å². The Morgan fingerprint density at radius 3 is 2.07 bits per heavy atom. The fourth-order valence-corrected chi connectivity index (χ4v) is 2.77. The fraction of sp³-hybridized carbons (Fsp3) is 0.300. The minimum absolute atomic E-state index is 0.0203. The van der Waals surface area contributed by atoms with Gasteiger partial charge >= 0.3 is 0 Å². The van der Waals surface area contributed by atoms with Crippen LogP contribution < -0.4 is 15.4 Å². The molecule has 0 bridgehead atoms. The van der Waals surface area contributed by atoms with E-state index in [1.807, 2.05) is 20.8 Å². The van der Waals surface area contributed by atoms with Crippen LogP contribution in [0.5, 0.6) is 0 Å². The summed E-state index contributed by atoms with van der Waals surface area (Å²) in [4.78, 5) is 24.6. The Kier molecular flexibility index (Phi) is 6.45. The summed E-state index contributed by atoms with van der Waals surface area (Å²) in [6.45, 7) is 6.98. The molecule has 7 nitrogen and oxygen atoms in total. The van der Waals surface area contributed by atoms with Crippen molar-refractivity contribution in [2.75, 3.05) is 21.1 Å². The molecule has 0 saturated carbocycles. The molecule has 2 aromatic carbocycles. The van der Waals surface area contributed by atoms with Gasteiger partial charge in [-0.1, -0.05) is 26.8 Å². The predicted octanol–water partition coefficient (Wildman–Crippen LogP) is 3.69. The highest BCUT2D eigenvalue weighted by Gasteiger charge is 2.21. The molecule has 0 fully saturated rings. The maximum atomic E-state index is 12.5. The Morgan fingerprint density at radius 1 is 0.893 bits per heavy atom. The second kappa shape index (κ2) is 8.43. The third-order valence-electron chi connectivity index (χ3n) is 3.86. The Labute approximate surface area is 165 Å². The number of rotatable bonds is 6. The maximum absolute atomic E-state index is 12.5. The molecule has 150 valence electrons. The molecule has 8 heteroatoms. The average Bonchev–Trinajstić information content (AvgIpc) is 2.62. The van der Waals surface area contributed by atoms with Gasteiger partial charge in [0.05, 0.1) is 5.75 Å². The summed E-state index contributed by atoms with van der Waals surface area (Å²) in [5, 5.41) is 5.54.